The Morgan fingerprint density at radius 1 is 1.14 bits per heavy atom. The fraction of sp³-hybridized carbons (Fsp3) is 0.133. The molecule has 1 N–H and O–H groups in total. The third-order valence-corrected chi connectivity index (χ3v) is 2.77. The van der Waals surface area contributed by atoms with Crippen molar-refractivity contribution >= 4 is 5.97 Å². The highest BCUT2D eigenvalue weighted by Gasteiger charge is 2.23. The maximum atomic E-state index is 13.7. The van der Waals surface area contributed by atoms with Crippen LogP contribution in [0.1, 0.15) is 22.8 Å². The summed E-state index contributed by atoms with van der Waals surface area (Å²) in [6, 6.07) is 8.12. The highest BCUT2D eigenvalue weighted by Crippen LogP contribution is 2.30. The van der Waals surface area contributed by atoms with E-state index in [9.17, 15) is 18.0 Å². The Morgan fingerprint density at radius 2 is 1.76 bits per heavy atom. The van der Waals surface area contributed by atoms with E-state index in [1.54, 1.807) is 0 Å². The van der Waals surface area contributed by atoms with Crippen molar-refractivity contribution < 1.29 is 27.8 Å². The second kappa shape index (κ2) is 5.47. The Morgan fingerprint density at radius 3 is 2.24 bits per heavy atom. The van der Waals surface area contributed by atoms with Crippen LogP contribution in [-0.4, -0.2) is 11.1 Å². The Hall–Kier alpha value is -2.50. The molecule has 2 aromatic carbocycles. The molecule has 3 nitrogen and oxygen atoms in total. The summed E-state index contributed by atoms with van der Waals surface area (Å²) in [5.74, 6) is -5.08. The molecule has 0 radical (unpaired) electrons. The molecule has 21 heavy (non-hydrogen) atoms. The maximum absolute atomic E-state index is 13.7. The van der Waals surface area contributed by atoms with Crippen molar-refractivity contribution in [3.63, 3.8) is 0 Å². The molecule has 0 aliphatic heterocycles. The fourth-order valence-corrected chi connectivity index (χ4v) is 1.66. The first kappa shape index (κ1) is 14.9. The lowest BCUT2D eigenvalue weighted by Gasteiger charge is -2.12. The van der Waals surface area contributed by atoms with E-state index >= 15 is 0 Å². The van der Waals surface area contributed by atoms with E-state index in [0.717, 1.165) is 13.0 Å². The number of hydrogen-bond acceptors (Lipinski definition) is 2. The Bertz CT molecular complexity index is 661. The number of rotatable bonds is 4. The number of carbonyl (C=O) groups is 1. The highest BCUT2D eigenvalue weighted by molar-refractivity contribution is 5.87. The molecule has 2 rings (SSSR count). The number of alkyl halides is 2. The first-order valence-corrected chi connectivity index (χ1v) is 5.96. The van der Waals surface area contributed by atoms with Gasteiger partial charge in [0.15, 0.2) is 11.6 Å². The molecule has 0 saturated heterocycles. The first-order valence-electron chi connectivity index (χ1n) is 5.96. The molecule has 6 heteroatoms. The highest BCUT2D eigenvalue weighted by atomic mass is 19.3. The van der Waals surface area contributed by atoms with Crippen LogP contribution in [0.2, 0.25) is 0 Å². The molecular weight excluding hydrogens is 285 g/mol. The number of carboxylic acid groups (broad SMARTS) is 1. The van der Waals surface area contributed by atoms with E-state index in [1.165, 1.54) is 36.4 Å². The minimum atomic E-state index is -2.97. The topological polar surface area (TPSA) is 46.5 Å². The summed E-state index contributed by atoms with van der Waals surface area (Å²) in [6.45, 7) is 0.771. The van der Waals surface area contributed by atoms with Gasteiger partial charge < -0.3 is 9.84 Å². The molecule has 110 valence electrons. The third kappa shape index (κ3) is 3.53. The Kier molecular flexibility index (Phi) is 3.88. The normalized spacial score (nSPS) is 11.2. The lowest BCUT2D eigenvalue weighted by molar-refractivity contribution is 0.0174. The monoisotopic (exact) mass is 296 g/mol. The van der Waals surface area contributed by atoms with E-state index in [1.807, 2.05) is 0 Å². The van der Waals surface area contributed by atoms with Gasteiger partial charge in [-0.15, -0.1) is 0 Å². The number of halogens is 3. The average molecular weight is 296 g/mol. The van der Waals surface area contributed by atoms with Crippen LogP contribution in [0.25, 0.3) is 0 Å². The van der Waals surface area contributed by atoms with Crippen molar-refractivity contribution in [1.82, 2.24) is 0 Å². The van der Waals surface area contributed by atoms with Gasteiger partial charge in [-0.2, -0.15) is 0 Å². The molecule has 0 atom stereocenters. The molecule has 0 saturated carbocycles. The number of aromatic carboxylic acids is 1. The van der Waals surface area contributed by atoms with Crippen LogP contribution in [-0.2, 0) is 5.92 Å². The van der Waals surface area contributed by atoms with Crippen molar-refractivity contribution in [2.24, 2.45) is 0 Å². The summed E-state index contributed by atoms with van der Waals surface area (Å²) in [7, 11) is 0. The van der Waals surface area contributed by atoms with Gasteiger partial charge >= 0.3 is 5.97 Å². The third-order valence-electron chi connectivity index (χ3n) is 2.77. The smallest absolute Gasteiger partial charge is 0.335 e. The molecule has 0 unspecified atom stereocenters. The van der Waals surface area contributed by atoms with Crippen LogP contribution < -0.4 is 4.74 Å². The minimum absolute atomic E-state index is 0.171. The molecule has 0 heterocycles. The summed E-state index contributed by atoms with van der Waals surface area (Å²) in [5, 5.41) is 8.72. The zero-order chi connectivity index (χ0) is 15.6. The van der Waals surface area contributed by atoms with Crippen molar-refractivity contribution in [2.45, 2.75) is 12.8 Å². The predicted molar refractivity (Wildman–Crippen MR) is 69.4 cm³/mol. The molecule has 0 aromatic heterocycles. The zero-order valence-electron chi connectivity index (χ0n) is 10.9. The van der Waals surface area contributed by atoms with Gasteiger partial charge in [-0.3, -0.25) is 0 Å². The Balaban J connectivity index is 2.20. The van der Waals surface area contributed by atoms with Gasteiger partial charge in [0.05, 0.1) is 5.56 Å². The first-order chi connectivity index (χ1) is 9.77. The zero-order valence-corrected chi connectivity index (χ0v) is 10.9. The van der Waals surface area contributed by atoms with Crippen LogP contribution in [0.5, 0.6) is 11.5 Å². The lowest BCUT2D eigenvalue weighted by atomic mass is 10.1. The summed E-state index contributed by atoms with van der Waals surface area (Å²) >= 11 is 0. The number of hydrogen-bond donors (Lipinski definition) is 1. The quantitative estimate of drug-likeness (QED) is 0.908. The van der Waals surface area contributed by atoms with Gasteiger partial charge in [0.2, 0.25) is 0 Å². The number of benzene rings is 2. The molecule has 2 aromatic rings. The average Bonchev–Trinajstić information content (AvgIpc) is 2.40. The molecular formula is C15H11F3O3. The van der Waals surface area contributed by atoms with Gasteiger partial charge in [0.1, 0.15) is 5.75 Å². The van der Waals surface area contributed by atoms with E-state index in [0.29, 0.717) is 0 Å². The van der Waals surface area contributed by atoms with Crippen molar-refractivity contribution in [1.29, 1.82) is 0 Å². The van der Waals surface area contributed by atoms with Gasteiger partial charge in [-0.25, -0.2) is 18.0 Å². The van der Waals surface area contributed by atoms with Crippen LogP contribution in [0, 0.1) is 5.82 Å². The van der Waals surface area contributed by atoms with E-state index in [2.05, 4.69) is 0 Å². The second-order valence-corrected chi connectivity index (χ2v) is 4.47. The van der Waals surface area contributed by atoms with Gasteiger partial charge in [0.25, 0.3) is 5.92 Å². The number of carboxylic acids is 1. The van der Waals surface area contributed by atoms with Crippen molar-refractivity contribution in [3.05, 3.63) is 59.4 Å². The second-order valence-electron chi connectivity index (χ2n) is 4.47. The Labute approximate surface area is 118 Å². The van der Waals surface area contributed by atoms with Crippen LogP contribution in [0.15, 0.2) is 42.5 Å². The molecule has 0 amide bonds. The minimum Gasteiger partial charge on any atom is -0.478 e. The summed E-state index contributed by atoms with van der Waals surface area (Å²) < 4.78 is 44.9. The van der Waals surface area contributed by atoms with Gasteiger partial charge in [-0.05, 0) is 42.5 Å². The molecule has 0 aliphatic carbocycles. The van der Waals surface area contributed by atoms with Crippen molar-refractivity contribution in [3.8, 4) is 11.5 Å². The van der Waals surface area contributed by atoms with Crippen LogP contribution in [0.4, 0.5) is 13.2 Å². The fourth-order valence-electron chi connectivity index (χ4n) is 1.66. The molecule has 0 spiro atoms. The van der Waals surface area contributed by atoms with Gasteiger partial charge in [-0.1, -0.05) is 0 Å². The largest absolute Gasteiger partial charge is 0.478 e. The molecule has 0 bridgehead atoms. The van der Waals surface area contributed by atoms with E-state index in [-0.39, 0.29) is 22.6 Å². The number of ether oxygens (including phenoxy) is 1. The summed E-state index contributed by atoms with van der Waals surface area (Å²) in [4.78, 5) is 10.7. The summed E-state index contributed by atoms with van der Waals surface area (Å²) in [6.07, 6.45) is 0. The van der Waals surface area contributed by atoms with Crippen molar-refractivity contribution in [2.75, 3.05) is 0 Å². The van der Waals surface area contributed by atoms with E-state index < -0.39 is 17.7 Å². The van der Waals surface area contributed by atoms with Gasteiger partial charge in [0, 0.05) is 12.5 Å². The van der Waals surface area contributed by atoms with Crippen LogP contribution in [0.3, 0.4) is 0 Å². The predicted octanol–water partition coefficient (Wildman–Crippen LogP) is 4.43. The maximum Gasteiger partial charge on any atom is 0.335 e. The molecule has 0 fully saturated rings. The standard InChI is InChI=1S/C15H11F3O3/c1-15(17,18)10-3-5-11(6-4-10)21-13-7-2-9(14(19)20)8-12(13)16/h2-8H,1H3,(H,19,20). The molecule has 0 aliphatic rings. The summed E-state index contributed by atoms with van der Waals surface area (Å²) in [5.41, 5.74) is -0.391. The van der Waals surface area contributed by atoms with Crippen LogP contribution >= 0.6 is 0 Å². The lowest BCUT2D eigenvalue weighted by Crippen LogP contribution is -2.06. The van der Waals surface area contributed by atoms with E-state index in [4.69, 9.17) is 9.84 Å². The SMILES string of the molecule is CC(F)(F)c1ccc(Oc2ccc(C(=O)O)cc2F)cc1.